The van der Waals surface area contributed by atoms with Crippen LogP contribution in [0, 0.1) is 0 Å². The molecule has 0 radical (unpaired) electrons. The van der Waals surface area contributed by atoms with Gasteiger partial charge >= 0.3 is 14.2 Å². The molecule has 0 saturated carbocycles. The van der Waals surface area contributed by atoms with Gasteiger partial charge in [0.25, 0.3) is 0 Å². The van der Waals surface area contributed by atoms with Gasteiger partial charge in [0.1, 0.15) is 47.7 Å². The zero-order valence-corrected chi connectivity index (χ0v) is 49.7. The van der Waals surface area contributed by atoms with E-state index in [-0.39, 0.29) is 0 Å². The molecule has 79 heavy (non-hydrogen) atoms. The molecular weight excluding hydrogens is 998 g/mol. The van der Waals surface area contributed by atoms with Gasteiger partial charge in [-0.3, -0.25) is 0 Å². The number of hydrogen-bond donors (Lipinski definition) is 0. The second kappa shape index (κ2) is 36.8. The number of fused-ring (bicyclic) bond motifs is 6. The summed E-state index contributed by atoms with van der Waals surface area (Å²) in [5.74, 6) is 4.75. The molecule has 0 N–H and O–H groups in total. The summed E-state index contributed by atoms with van der Waals surface area (Å²) in [6.45, 7) is 14.4. The molecule has 0 aromatic heterocycles. The summed E-state index contributed by atoms with van der Waals surface area (Å²) in [7, 11) is 5.47. The molecule has 2 aliphatic rings. The number of hydrogen-bond acceptors (Lipinski definition) is 13. The Hall–Kier alpha value is -4.47. The molecule has 6 rings (SSSR count). The monoisotopic (exact) mass is 1090 g/mol. The minimum atomic E-state index is -0.638. The van der Waals surface area contributed by atoms with Crippen LogP contribution in [0.4, 0.5) is 0 Å². The van der Waals surface area contributed by atoms with Gasteiger partial charge in [0.05, 0.1) is 66.1 Å². The second-order valence-electron chi connectivity index (χ2n) is 21.0. The molecule has 1 aliphatic carbocycles. The van der Waals surface area contributed by atoms with Crippen molar-refractivity contribution in [3.8, 4) is 34.5 Å². The maximum Gasteiger partial charge on any atom is 0.493 e. The van der Waals surface area contributed by atoms with Crippen molar-refractivity contribution >= 4 is 25.2 Å². The molecule has 0 saturated heterocycles. The van der Waals surface area contributed by atoms with Crippen molar-refractivity contribution in [1.29, 1.82) is 0 Å². The van der Waals surface area contributed by atoms with Crippen molar-refractivity contribution in [1.82, 2.24) is 0 Å². The maximum atomic E-state index is 7.16. The van der Waals surface area contributed by atoms with Gasteiger partial charge in [-0.05, 0) is 83.1 Å². The predicted molar refractivity (Wildman–Crippen MR) is 318 cm³/mol. The van der Waals surface area contributed by atoms with E-state index < -0.39 is 14.2 Å². The highest BCUT2D eigenvalue weighted by molar-refractivity contribution is 6.61. The Kier molecular flexibility index (Phi) is 29.7. The number of rotatable bonds is 30. The summed E-state index contributed by atoms with van der Waals surface area (Å²) in [4.78, 5) is 0. The quantitative estimate of drug-likeness (QED) is 0.0321. The van der Waals surface area contributed by atoms with Gasteiger partial charge in [-0.25, -0.2) is 0 Å². The standard InChI is InChI=1S/C64H96B2O13/c1-9-13-17-21-25-76-61-49-37-53-45-59-47-55(63(53)78-27-23-19-15-11-3)39-51-43-58(66(69-7)70-8)44-52(62(51)77-26-22-18-14-10-2)40-56-48-60(75-36-34-73-32-30-71-29-31-72-33-35-74-59)46-54(64(56)79-28-24-20-16-12-4)38-50(61)42-57(41-49)65(67-5)68-6/h41-48H,9-40H2,1-8H3. The smallest absolute Gasteiger partial charge is 0.493 e. The van der Waals surface area contributed by atoms with Gasteiger partial charge in [-0.15, -0.1) is 0 Å². The van der Waals surface area contributed by atoms with Gasteiger partial charge < -0.3 is 61.2 Å². The topological polar surface area (TPSA) is 120 Å². The molecule has 0 spiro atoms. The molecule has 436 valence electrons. The molecule has 0 amide bonds. The molecule has 0 unspecified atom stereocenters. The van der Waals surface area contributed by atoms with Crippen LogP contribution in [-0.2, 0) is 58.5 Å². The lowest BCUT2D eigenvalue weighted by molar-refractivity contribution is 0.00497. The van der Waals surface area contributed by atoms with Crippen molar-refractivity contribution in [2.24, 2.45) is 0 Å². The summed E-state index contributed by atoms with van der Waals surface area (Å²) in [5, 5.41) is 0. The Morgan fingerprint density at radius 3 is 0.797 bits per heavy atom. The Morgan fingerprint density at radius 2 is 0.557 bits per heavy atom. The van der Waals surface area contributed by atoms with Crippen LogP contribution in [0.15, 0.2) is 48.5 Å². The first-order valence-electron chi connectivity index (χ1n) is 30.1. The Bertz CT molecular complexity index is 2100. The van der Waals surface area contributed by atoms with E-state index in [4.69, 9.17) is 61.2 Å². The highest BCUT2D eigenvalue weighted by atomic mass is 16.6. The van der Waals surface area contributed by atoms with E-state index in [2.05, 4.69) is 76.2 Å². The van der Waals surface area contributed by atoms with Gasteiger partial charge in [0.15, 0.2) is 0 Å². The number of ether oxygens (including phenoxy) is 9. The fourth-order valence-electron chi connectivity index (χ4n) is 10.6. The molecule has 15 heteroatoms. The Labute approximate surface area is 475 Å². The first-order valence-corrected chi connectivity index (χ1v) is 30.1. The van der Waals surface area contributed by atoms with E-state index in [9.17, 15) is 0 Å². The normalized spacial score (nSPS) is 14.2. The van der Waals surface area contributed by atoms with E-state index in [1.54, 1.807) is 28.4 Å². The minimum Gasteiger partial charge on any atom is -0.493 e. The van der Waals surface area contributed by atoms with Gasteiger partial charge in [0.2, 0.25) is 0 Å². The lowest BCUT2D eigenvalue weighted by Gasteiger charge is -2.25. The van der Waals surface area contributed by atoms with Crippen LogP contribution in [0.25, 0.3) is 0 Å². The van der Waals surface area contributed by atoms with Crippen molar-refractivity contribution in [2.75, 3.05) is 108 Å². The van der Waals surface area contributed by atoms with Crippen LogP contribution < -0.4 is 39.3 Å². The fourth-order valence-corrected chi connectivity index (χ4v) is 10.6. The highest BCUT2D eigenvalue weighted by Crippen LogP contribution is 2.42. The summed E-state index contributed by atoms with van der Waals surface area (Å²) >= 11 is 0. The summed E-state index contributed by atoms with van der Waals surface area (Å²) < 4.78 is 84.2. The van der Waals surface area contributed by atoms with Crippen molar-refractivity contribution < 1.29 is 61.2 Å². The van der Waals surface area contributed by atoms with Crippen LogP contribution in [0.2, 0.25) is 0 Å². The van der Waals surface area contributed by atoms with E-state index in [0.29, 0.717) is 116 Å². The van der Waals surface area contributed by atoms with Crippen LogP contribution in [-0.4, -0.2) is 122 Å². The van der Waals surface area contributed by atoms with Crippen LogP contribution in [0.3, 0.4) is 0 Å². The molecule has 13 nitrogen and oxygen atoms in total. The molecule has 4 aromatic rings. The predicted octanol–water partition coefficient (Wildman–Crippen LogP) is 12.0. The van der Waals surface area contributed by atoms with E-state index in [1.807, 2.05) is 0 Å². The zero-order valence-electron chi connectivity index (χ0n) is 49.7. The van der Waals surface area contributed by atoms with Crippen LogP contribution >= 0.6 is 0 Å². The lowest BCUT2D eigenvalue weighted by atomic mass is 9.75. The van der Waals surface area contributed by atoms with Gasteiger partial charge in [-0.1, -0.05) is 129 Å². The van der Waals surface area contributed by atoms with Crippen molar-refractivity contribution in [3.05, 3.63) is 93.0 Å². The second-order valence-corrected chi connectivity index (χ2v) is 21.0. The minimum absolute atomic E-state index is 0.339. The van der Waals surface area contributed by atoms with Crippen molar-refractivity contribution in [2.45, 2.75) is 156 Å². The third-order valence-corrected chi connectivity index (χ3v) is 14.6. The largest absolute Gasteiger partial charge is 0.493 e. The Balaban J connectivity index is 1.72. The number of benzene rings is 4. The molecule has 0 atom stereocenters. The fraction of sp³-hybridized carbons (Fsp3) is 0.625. The molecule has 1 heterocycles. The van der Waals surface area contributed by atoms with Crippen LogP contribution in [0.5, 0.6) is 34.5 Å². The summed E-state index contributed by atoms with van der Waals surface area (Å²) in [6, 6.07) is 17.3. The summed E-state index contributed by atoms with van der Waals surface area (Å²) in [5.41, 5.74) is 9.62. The molecule has 0 fully saturated rings. The SMILES string of the molecule is CCCCCCOc1c2cc3cc1Cc1cc(B(OC)OC)cc(c1OCCCCCC)Cc1cc(cc(c1OCCCCCC)Cc1cc(B(OC)OC)cc(c1OCCCCCC)C2)OCCOCCOCCOCCO3. The zero-order chi connectivity index (χ0) is 55.9. The van der Waals surface area contributed by atoms with Gasteiger partial charge in [-0.2, -0.15) is 0 Å². The molecule has 4 aromatic carbocycles. The first-order chi connectivity index (χ1) is 38.9. The van der Waals surface area contributed by atoms with Crippen molar-refractivity contribution in [3.63, 3.8) is 0 Å². The van der Waals surface area contributed by atoms with Crippen LogP contribution in [0.1, 0.15) is 175 Å². The van der Waals surface area contributed by atoms with E-state index >= 15 is 0 Å². The Morgan fingerprint density at radius 1 is 0.316 bits per heavy atom. The average Bonchev–Trinajstić information content (AvgIpc) is 3.46. The van der Waals surface area contributed by atoms with E-state index in [1.165, 1.54) is 0 Å². The third kappa shape index (κ3) is 20.5. The molecule has 10 bridgehead atoms. The first kappa shape index (κ1) is 63.7. The highest BCUT2D eigenvalue weighted by Gasteiger charge is 2.29. The third-order valence-electron chi connectivity index (χ3n) is 14.6. The maximum absolute atomic E-state index is 7.16. The average molecular weight is 1100 g/mol. The molecular formula is C64H96B2O13. The number of unbranched alkanes of at least 4 members (excludes halogenated alkanes) is 12. The van der Waals surface area contributed by atoms with E-state index in [0.717, 1.165) is 181 Å². The van der Waals surface area contributed by atoms with Gasteiger partial charge in [0, 0.05) is 76.4 Å². The lowest BCUT2D eigenvalue weighted by Crippen LogP contribution is -2.35. The molecule has 1 aliphatic heterocycles. The summed E-state index contributed by atoms with van der Waals surface area (Å²) in [6.07, 6.45) is 19.0.